The fraction of sp³-hybridized carbons (Fsp3) is 0.350. The predicted octanol–water partition coefficient (Wildman–Crippen LogP) is 3.41. The van der Waals surface area contributed by atoms with Gasteiger partial charge in [-0.3, -0.25) is 4.79 Å². The molecule has 0 radical (unpaired) electrons. The third-order valence-corrected chi connectivity index (χ3v) is 4.79. The van der Waals surface area contributed by atoms with Gasteiger partial charge in [0.15, 0.2) is 0 Å². The summed E-state index contributed by atoms with van der Waals surface area (Å²) in [5.74, 6) is 0.903. The highest BCUT2D eigenvalue weighted by Gasteiger charge is 2.27. The predicted molar refractivity (Wildman–Crippen MR) is 99.7 cm³/mol. The molecule has 1 atom stereocenters. The van der Waals surface area contributed by atoms with E-state index in [9.17, 15) is 4.79 Å². The zero-order valence-corrected chi connectivity index (χ0v) is 14.9. The van der Waals surface area contributed by atoms with Crippen LogP contribution in [0.4, 0.5) is 0 Å². The van der Waals surface area contributed by atoms with Crippen LogP contribution in [0.2, 0.25) is 5.02 Å². The van der Waals surface area contributed by atoms with Gasteiger partial charge in [0.2, 0.25) is 5.91 Å². The molecule has 3 rings (SSSR count). The van der Waals surface area contributed by atoms with Gasteiger partial charge in [-0.25, -0.2) is 0 Å². The summed E-state index contributed by atoms with van der Waals surface area (Å²) in [6, 6.07) is 15.5. The van der Waals surface area contributed by atoms with Crippen LogP contribution in [0, 0.1) is 0 Å². The molecule has 0 spiro atoms. The monoisotopic (exact) mass is 358 g/mol. The van der Waals surface area contributed by atoms with Gasteiger partial charge in [-0.2, -0.15) is 0 Å². The first-order valence-electron chi connectivity index (χ1n) is 8.61. The number of likely N-dealkylation sites (tertiary alicyclic amines) is 1. The van der Waals surface area contributed by atoms with Crippen LogP contribution < -0.4 is 10.5 Å². The summed E-state index contributed by atoms with van der Waals surface area (Å²) in [7, 11) is 0. The van der Waals surface area contributed by atoms with E-state index in [-0.39, 0.29) is 11.9 Å². The number of amides is 1. The molecule has 1 aliphatic rings. The van der Waals surface area contributed by atoms with Crippen LogP contribution in [0.25, 0.3) is 0 Å². The Morgan fingerprint density at radius 3 is 2.76 bits per heavy atom. The second-order valence-corrected chi connectivity index (χ2v) is 6.79. The molecule has 132 valence electrons. The summed E-state index contributed by atoms with van der Waals surface area (Å²) in [5.41, 5.74) is 7.77. The maximum atomic E-state index is 12.5. The fourth-order valence-electron chi connectivity index (χ4n) is 3.18. The van der Waals surface area contributed by atoms with E-state index in [1.54, 1.807) is 0 Å². The average molecular weight is 359 g/mol. The molecule has 0 aliphatic carbocycles. The Kier molecular flexibility index (Phi) is 5.95. The standard InChI is InChI=1S/C20H23ClN2O2/c21-17-8-6-15(7-9-17)14-25-19-5-1-3-16(11-19)12-20(24)23-10-2-4-18(23)13-22/h1,3,5-9,11,18H,2,4,10,12-14,22H2. The average Bonchev–Trinajstić information content (AvgIpc) is 3.10. The third kappa shape index (κ3) is 4.74. The van der Waals surface area contributed by atoms with Crippen molar-refractivity contribution in [1.82, 2.24) is 4.90 Å². The van der Waals surface area contributed by atoms with Gasteiger partial charge >= 0.3 is 0 Å². The first kappa shape index (κ1) is 17.8. The molecular weight excluding hydrogens is 336 g/mol. The highest BCUT2D eigenvalue weighted by atomic mass is 35.5. The summed E-state index contributed by atoms with van der Waals surface area (Å²) in [5, 5.41) is 0.710. The molecule has 2 aromatic carbocycles. The number of nitrogens with zero attached hydrogens (tertiary/aromatic N) is 1. The molecule has 5 heteroatoms. The number of carbonyl (C=O) groups excluding carboxylic acids is 1. The van der Waals surface area contributed by atoms with Gasteiger partial charge in [0.1, 0.15) is 12.4 Å². The molecule has 1 aliphatic heterocycles. The van der Waals surface area contributed by atoms with Crippen molar-refractivity contribution in [3.05, 3.63) is 64.7 Å². The normalized spacial score (nSPS) is 16.9. The van der Waals surface area contributed by atoms with Crippen LogP contribution in [-0.4, -0.2) is 29.9 Å². The zero-order valence-electron chi connectivity index (χ0n) is 14.2. The molecule has 0 aromatic heterocycles. The molecule has 1 heterocycles. The number of hydrogen-bond donors (Lipinski definition) is 1. The van der Waals surface area contributed by atoms with Crippen LogP contribution in [0.3, 0.4) is 0 Å². The highest BCUT2D eigenvalue weighted by molar-refractivity contribution is 6.30. The van der Waals surface area contributed by atoms with Gasteiger partial charge in [-0.05, 0) is 48.2 Å². The first-order chi connectivity index (χ1) is 12.2. The Balaban J connectivity index is 1.59. The lowest BCUT2D eigenvalue weighted by Crippen LogP contribution is -2.40. The number of carbonyl (C=O) groups is 1. The largest absolute Gasteiger partial charge is 0.489 e. The lowest BCUT2D eigenvalue weighted by Gasteiger charge is -2.23. The summed E-state index contributed by atoms with van der Waals surface area (Å²) >= 11 is 5.89. The smallest absolute Gasteiger partial charge is 0.227 e. The Hall–Kier alpha value is -2.04. The van der Waals surface area contributed by atoms with Crippen molar-refractivity contribution < 1.29 is 9.53 Å². The minimum Gasteiger partial charge on any atom is -0.489 e. The van der Waals surface area contributed by atoms with Crippen LogP contribution in [-0.2, 0) is 17.8 Å². The zero-order chi connectivity index (χ0) is 17.6. The Morgan fingerprint density at radius 1 is 1.20 bits per heavy atom. The van der Waals surface area contributed by atoms with Crippen LogP contribution in [0.1, 0.15) is 24.0 Å². The van der Waals surface area contributed by atoms with Crippen LogP contribution in [0.15, 0.2) is 48.5 Å². The van der Waals surface area contributed by atoms with E-state index in [1.165, 1.54) is 0 Å². The molecule has 2 N–H and O–H groups in total. The van der Waals surface area contributed by atoms with E-state index in [0.717, 1.165) is 36.3 Å². The highest BCUT2D eigenvalue weighted by Crippen LogP contribution is 2.20. The van der Waals surface area contributed by atoms with E-state index in [1.807, 2.05) is 53.4 Å². The van der Waals surface area contributed by atoms with Gasteiger partial charge in [-0.15, -0.1) is 0 Å². The molecular formula is C20H23ClN2O2. The molecule has 1 amide bonds. The topological polar surface area (TPSA) is 55.6 Å². The Morgan fingerprint density at radius 2 is 2.00 bits per heavy atom. The van der Waals surface area contributed by atoms with Gasteiger partial charge in [0.25, 0.3) is 0 Å². The maximum absolute atomic E-state index is 12.5. The number of rotatable bonds is 6. The van der Waals surface area contributed by atoms with E-state index in [0.29, 0.717) is 24.6 Å². The quantitative estimate of drug-likeness (QED) is 0.860. The molecule has 1 fully saturated rings. The van der Waals surface area contributed by atoms with Crippen LogP contribution >= 0.6 is 11.6 Å². The molecule has 0 saturated carbocycles. The Bertz CT molecular complexity index is 718. The van der Waals surface area contributed by atoms with Gasteiger partial charge in [0.05, 0.1) is 6.42 Å². The van der Waals surface area contributed by atoms with E-state index < -0.39 is 0 Å². The minimum absolute atomic E-state index is 0.141. The summed E-state index contributed by atoms with van der Waals surface area (Å²) in [4.78, 5) is 14.4. The van der Waals surface area contributed by atoms with Crippen molar-refractivity contribution in [2.24, 2.45) is 5.73 Å². The van der Waals surface area contributed by atoms with Gasteiger partial charge < -0.3 is 15.4 Å². The first-order valence-corrected chi connectivity index (χ1v) is 8.99. The number of benzene rings is 2. The SMILES string of the molecule is NCC1CCCN1C(=O)Cc1cccc(OCc2ccc(Cl)cc2)c1. The molecule has 1 unspecified atom stereocenters. The van der Waals surface area contributed by atoms with Crippen molar-refractivity contribution in [2.45, 2.75) is 31.9 Å². The fourth-order valence-corrected chi connectivity index (χ4v) is 3.30. The molecule has 2 aromatic rings. The van der Waals surface area contributed by atoms with Crippen molar-refractivity contribution in [3.63, 3.8) is 0 Å². The second-order valence-electron chi connectivity index (χ2n) is 6.36. The molecule has 0 bridgehead atoms. The Labute approximate surface area is 153 Å². The van der Waals surface area contributed by atoms with Crippen molar-refractivity contribution in [3.8, 4) is 5.75 Å². The van der Waals surface area contributed by atoms with E-state index in [2.05, 4.69) is 0 Å². The second kappa shape index (κ2) is 8.37. The summed E-state index contributed by atoms with van der Waals surface area (Å²) in [6.07, 6.45) is 2.43. The van der Waals surface area contributed by atoms with Crippen molar-refractivity contribution >= 4 is 17.5 Å². The summed E-state index contributed by atoms with van der Waals surface area (Å²) < 4.78 is 5.83. The summed E-state index contributed by atoms with van der Waals surface area (Å²) in [6.45, 7) is 1.82. The van der Waals surface area contributed by atoms with E-state index in [4.69, 9.17) is 22.1 Å². The van der Waals surface area contributed by atoms with Crippen LogP contribution in [0.5, 0.6) is 5.75 Å². The van der Waals surface area contributed by atoms with Gasteiger partial charge in [0, 0.05) is 24.2 Å². The lowest BCUT2D eigenvalue weighted by atomic mass is 10.1. The number of hydrogen-bond acceptors (Lipinski definition) is 3. The van der Waals surface area contributed by atoms with Crippen molar-refractivity contribution in [1.29, 1.82) is 0 Å². The molecule has 4 nitrogen and oxygen atoms in total. The number of halogens is 1. The lowest BCUT2D eigenvalue weighted by molar-refractivity contribution is -0.131. The van der Waals surface area contributed by atoms with Crippen molar-refractivity contribution in [2.75, 3.05) is 13.1 Å². The van der Waals surface area contributed by atoms with Gasteiger partial charge in [-0.1, -0.05) is 35.9 Å². The minimum atomic E-state index is 0.141. The molecule has 25 heavy (non-hydrogen) atoms. The molecule has 1 saturated heterocycles. The maximum Gasteiger partial charge on any atom is 0.227 e. The van der Waals surface area contributed by atoms with E-state index >= 15 is 0 Å². The number of nitrogens with two attached hydrogens (primary N) is 1. The third-order valence-electron chi connectivity index (χ3n) is 4.54. The number of ether oxygens (including phenoxy) is 1.